The summed E-state index contributed by atoms with van der Waals surface area (Å²) in [4.78, 5) is 10.9. The molecule has 0 radical (unpaired) electrons. The maximum atomic E-state index is 10.9. The summed E-state index contributed by atoms with van der Waals surface area (Å²) in [5, 5.41) is 11.4. The van der Waals surface area contributed by atoms with Crippen LogP contribution in [0.1, 0.15) is 24.5 Å². The molecule has 0 aliphatic heterocycles. The highest BCUT2D eigenvalue weighted by molar-refractivity contribution is 5.75. The predicted octanol–water partition coefficient (Wildman–Crippen LogP) is 3.15. The molecule has 104 valence electrons. The van der Waals surface area contributed by atoms with Crippen LogP contribution in [0, 0.1) is 13.8 Å². The van der Waals surface area contributed by atoms with Gasteiger partial charge in [0.15, 0.2) is 0 Å². The fraction of sp³-hybridized carbons (Fsp3) is 0.312. The van der Waals surface area contributed by atoms with Crippen molar-refractivity contribution in [2.45, 2.75) is 27.2 Å². The molecule has 1 heterocycles. The van der Waals surface area contributed by atoms with Crippen LogP contribution in [0.25, 0.3) is 11.3 Å². The topological polar surface area (TPSA) is 54.9 Å². The number of hydrogen-bond donors (Lipinski definition) is 1. The molecule has 0 saturated heterocycles. The van der Waals surface area contributed by atoms with Crippen LogP contribution in [-0.4, -0.2) is 22.5 Å². The molecule has 2 rings (SSSR count). The Morgan fingerprint density at radius 1 is 1.10 bits per heavy atom. The van der Waals surface area contributed by atoms with Gasteiger partial charge in [-0.25, -0.2) is 0 Å². The molecular weight excluding hydrogens is 250 g/mol. The van der Waals surface area contributed by atoms with Crippen molar-refractivity contribution in [2.75, 3.05) is 11.9 Å². The molecule has 0 unspecified atom stereocenters. The molecule has 4 heteroatoms. The number of carbonyl (C=O) groups is 1. The molecule has 2 aromatic rings. The van der Waals surface area contributed by atoms with Gasteiger partial charge in [0.05, 0.1) is 5.69 Å². The average molecular weight is 269 g/mol. The van der Waals surface area contributed by atoms with Gasteiger partial charge in [0, 0.05) is 18.5 Å². The van der Waals surface area contributed by atoms with Crippen molar-refractivity contribution in [2.24, 2.45) is 0 Å². The Bertz CT molecular complexity index is 606. The van der Waals surface area contributed by atoms with Gasteiger partial charge >= 0.3 is 0 Å². The molecule has 0 atom stereocenters. The molecule has 1 aromatic carbocycles. The third kappa shape index (κ3) is 3.63. The first kappa shape index (κ1) is 14.2. The smallest absolute Gasteiger partial charge is 0.148 e. The van der Waals surface area contributed by atoms with Crippen molar-refractivity contribution in [3.63, 3.8) is 0 Å². The number of hydrogen-bond acceptors (Lipinski definition) is 4. The number of nitrogens with zero attached hydrogens (tertiary/aromatic N) is 2. The summed E-state index contributed by atoms with van der Waals surface area (Å²) in [7, 11) is 0. The average Bonchev–Trinajstić information content (AvgIpc) is 2.42. The van der Waals surface area contributed by atoms with Crippen LogP contribution >= 0.6 is 0 Å². The van der Waals surface area contributed by atoms with E-state index in [2.05, 4.69) is 47.6 Å². The third-order valence-corrected chi connectivity index (χ3v) is 3.25. The Morgan fingerprint density at radius 2 is 1.90 bits per heavy atom. The van der Waals surface area contributed by atoms with E-state index in [0.717, 1.165) is 11.3 Å². The molecule has 4 nitrogen and oxygen atoms in total. The van der Waals surface area contributed by atoms with Gasteiger partial charge in [-0.1, -0.05) is 12.1 Å². The van der Waals surface area contributed by atoms with Crippen molar-refractivity contribution >= 4 is 11.6 Å². The fourth-order valence-corrected chi connectivity index (χ4v) is 1.85. The van der Waals surface area contributed by atoms with Gasteiger partial charge in [-0.15, -0.1) is 10.2 Å². The summed E-state index contributed by atoms with van der Waals surface area (Å²) in [6.07, 6.45) is 0.501. The van der Waals surface area contributed by atoms with Crippen molar-refractivity contribution in [1.82, 2.24) is 10.2 Å². The van der Waals surface area contributed by atoms with Gasteiger partial charge in [0.1, 0.15) is 11.6 Å². The molecule has 1 aromatic heterocycles. The lowest BCUT2D eigenvalue weighted by atomic mass is 10.0. The number of nitrogens with one attached hydrogen (secondary N) is 1. The van der Waals surface area contributed by atoms with E-state index in [0.29, 0.717) is 18.8 Å². The Balaban J connectivity index is 2.07. The number of carbonyl (C=O) groups excluding carboxylic acids is 1. The monoisotopic (exact) mass is 269 g/mol. The number of Topliss-reactive ketones (excluding diaryl/α,β-unsaturated/α-hetero) is 1. The van der Waals surface area contributed by atoms with E-state index in [4.69, 9.17) is 0 Å². The normalized spacial score (nSPS) is 10.3. The van der Waals surface area contributed by atoms with Gasteiger partial charge in [-0.2, -0.15) is 0 Å². The summed E-state index contributed by atoms with van der Waals surface area (Å²) in [6.45, 7) is 6.35. The van der Waals surface area contributed by atoms with Crippen LogP contribution in [0.3, 0.4) is 0 Å². The van der Waals surface area contributed by atoms with Crippen LogP contribution in [-0.2, 0) is 4.79 Å². The lowest BCUT2D eigenvalue weighted by molar-refractivity contribution is -0.116. The molecule has 0 saturated carbocycles. The first-order valence-electron chi connectivity index (χ1n) is 6.71. The lowest BCUT2D eigenvalue weighted by Gasteiger charge is -2.06. The number of rotatable bonds is 5. The van der Waals surface area contributed by atoms with Crippen LogP contribution in [0.4, 0.5) is 5.82 Å². The summed E-state index contributed by atoms with van der Waals surface area (Å²) in [5.41, 5.74) is 4.43. The number of aryl methyl sites for hydroxylation is 2. The molecule has 0 fully saturated rings. The van der Waals surface area contributed by atoms with Gasteiger partial charge in [0.2, 0.25) is 0 Å². The minimum Gasteiger partial charge on any atom is -0.368 e. The molecular formula is C16H19N3O. The lowest BCUT2D eigenvalue weighted by Crippen LogP contribution is -2.07. The standard InChI is InChI=1S/C16H19N3O/c1-11-4-5-14(10-12(11)2)15-6-7-16(19-18-15)17-9-8-13(3)20/h4-7,10H,8-9H2,1-3H3,(H,17,19). The van der Waals surface area contributed by atoms with E-state index < -0.39 is 0 Å². The Labute approximate surface area is 119 Å². The summed E-state index contributed by atoms with van der Waals surface area (Å²) in [5.74, 6) is 0.857. The van der Waals surface area contributed by atoms with E-state index in [1.54, 1.807) is 6.92 Å². The zero-order chi connectivity index (χ0) is 14.5. The zero-order valence-corrected chi connectivity index (χ0v) is 12.1. The molecule has 0 bridgehead atoms. The molecule has 0 aliphatic carbocycles. The second kappa shape index (κ2) is 6.28. The maximum absolute atomic E-state index is 10.9. The second-order valence-corrected chi connectivity index (χ2v) is 4.98. The van der Waals surface area contributed by atoms with E-state index in [1.165, 1.54) is 11.1 Å². The number of ketones is 1. The predicted molar refractivity (Wildman–Crippen MR) is 80.7 cm³/mol. The summed E-state index contributed by atoms with van der Waals surface area (Å²) >= 11 is 0. The van der Waals surface area contributed by atoms with Gasteiger partial charge in [-0.3, -0.25) is 4.79 Å². The third-order valence-electron chi connectivity index (χ3n) is 3.25. The van der Waals surface area contributed by atoms with Crippen molar-refractivity contribution in [3.8, 4) is 11.3 Å². The van der Waals surface area contributed by atoms with E-state index in [-0.39, 0.29) is 5.78 Å². The molecule has 0 amide bonds. The number of benzene rings is 1. The van der Waals surface area contributed by atoms with Crippen LogP contribution in [0.2, 0.25) is 0 Å². The second-order valence-electron chi connectivity index (χ2n) is 4.98. The summed E-state index contributed by atoms with van der Waals surface area (Å²) in [6, 6.07) is 10.1. The zero-order valence-electron chi connectivity index (χ0n) is 12.1. The molecule has 20 heavy (non-hydrogen) atoms. The number of aromatic nitrogens is 2. The Morgan fingerprint density at radius 3 is 2.50 bits per heavy atom. The van der Waals surface area contributed by atoms with Gasteiger partial charge in [0.25, 0.3) is 0 Å². The highest BCUT2D eigenvalue weighted by Gasteiger charge is 2.03. The quantitative estimate of drug-likeness (QED) is 0.906. The maximum Gasteiger partial charge on any atom is 0.148 e. The largest absolute Gasteiger partial charge is 0.368 e. The minimum atomic E-state index is 0.164. The first-order chi connectivity index (χ1) is 9.56. The molecule has 1 N–H and O–H groups in total. The van der Waals surface area contributed by atoms with Gasteiger partial charge in [-0.05, 0) is 50.1 Å². The van der Waals surface area contributed by atoms with Crippen molar-refractivity contribution < 1.29 is 4.79 Å². The Hall–Kier alpha value is -2.23. The van der Waals surface area contributed by atoms with Crippen molar-refractivity contribution in [1.29, 1.82) is 0 Å². The fourth-order valence-electron chi connectivity index (χ4n) is 1.85. The van der Waals surface area contributed by atoms with E-state index >= 15 is 0 Å². The van der Waals surface area contributed by atoms with E-state index in [9.17, 15) is 4.79 Å². The van der Waals surface area contributed by atoms with Crippen LogP contribution < -0.4 is 5.32 Å². The van der Waals surface area contributed by atoms with Crippen LogP contribution in [0.15, 0.2) is 30.3 Å². The highest BCUT2D eigenvalue weighted by atomic mass is 16.1. The highest BCUT2D eigenvalue weighted by Crippen LogP contribution is 2.20. The SMILES string of the molecule is CC(=O)CCNc1ccc(-c2ccc(C)c(C)c2)nn1. The first-order valence-corrected chi connectivity index (χ1v) is 6.71. The molecule has 0 aliphatic rings. The Kier molecular flexibility index (Phi) is 4.45. The molecule has 0 spiro atoms. The van der Waals surface area contributed by atoms with Gasteiger partial charge < -0.3 is 5.32 Å². The number of anilines is 1. The van der Waals surface area contributed by atoms with Crippen molar-refractivity contribution in [3.05, 3.63) is 41.5 Å². The van der Waals surface area contributed by atoms with E-state index in [1.807, 2.05) is 12.1 Å². The minimum absolute atomic E-state index is 0.164. The summed E-state index contributed by atoms with van der Waals surface area (Å²) < 4.78 is 0. The van der Waals surface area contributed by atoms with Crippen LogP contribution in [0.5, 0.6) is 0 Å².